The Bertz CT molecular complexity index is 546. The topological polar surface area (TPSA) is 12.5 Å². The van der Waals surface area contributed by atoms with Crippen molar-refractivity contribution in [2.24, 2.45) is 0 Å². The van der Waals surface area contributed by atoms with E-state index in [2.05, 4.69) is 19.1 Å². The molecule has 2 aromatic rings. The molecule has 16 heavy (non-hydrogen) atoms. The minimum Gasteiger partial charge on any atom is -0.449 e. The van der Waals surface area contributed by atoms with Crippen LogP contribution >= 0.6 is 11.6 Å². The molecule has 1 heterocycles. The maximum atomic E-state index is 6.40. The van der Waals surface area contributed by atoms with Crippen molar-refractivity contribution >= 4 is 11.6 Å². The lowest BCUT2D eigenvalue weighted by Gasteiger charge is -2.05. The average molecular weight is 231 g/mol. The molecule has 0 aromatic heterocycles. The Balaban J connectivity index is 2.23. The van der Waals surface area contributed by atoms with Crippen LogP contribution in [0.4, 0.5) is 0 Å². The van der Waals surface area contributed by atoms with Crippen LogP contribution in [0.15, 0.2) is 36.4 Å². The van der Waals surface area contributed by atoms with Gasteiger partial charge in [-0.05, 0) is 23.6 Å². The predicted octanol–water partition coefficient (Wildman–Crippen LogP) is 4.68. The Kier molecular flexibility index (Phi) is 2.15. The fourth-order valence-corrected chi connectivity index (χ4v) is 2.34. The van der Waals surface area contributed by atoms with E-state index >= 15 is 0 Å². The van der Waals surface area contributed by atoms with Gasteiger partial charge in [-0.2, -0.15) is 0 Å². The molecule has 0 amide bonds. The van der Waals surface area contributed by atoms with Crippen LogP contribution in [0.1, 0.15) is 12.5 Å². The number of ether oxygens (including phenoxy) is 1. The molecule has 2 heteroatoms. The van der Waals surface area contributed by atoms with Gasteiger partial charge in [0, 0.05) is 5.56 Å². The summed E-state index contributed by atoms with van der Waals surface area (Å²) in [5, 5.41) is 0.824. The fraction of sp³-hybridized carbons (Fsp3) is 0.143. The largest absolute Gasteiger partial charge is 0.449 e. The molecule has 1 aliphatic heterocycles. The third kappa shape index (κ3) is 1.40. The molecule has 2 aromatic carbocycles. The lowest BCUT2D eigenvalue weighted by Crippen LogP contribution is -1.83. The third-order valence-corrected chi connectivity index (χ3v) is 3.30. The summed E-state index contributed by atoms with van der Waals surface area (Å²) in [7, 11) is 0. The van der Waals surface area contributed by atoms with Gasteiger partial charge >= 0.3 is 0 Å². The summed E-state index contributed by atoms with van der Waals surface area (Å²) in [5.41, 5.74) is 3.31. The van der Waals surface area contributed by atoms with Crippen molar-refractivity contribution in [1.29, 1.82) is 0 Å². The second-order valence-electron chi connectivity index (χ2n) is 3.87. The van der Waals surface area contributed by atoms with Crippen molar-refractivity contribution < 1.29 is 4.74 Å². The highest BCUT2D eigenvalue weighted by molar-refractivity contribution is 6.35. The summed E-state index contributed by atoms with van der Waals surface area (Å²) >= 11 is 6.40. The number of aryl methyl sites for hydroxylation is 1. The van der Waals surface area contributed by atoms with Crippen LogP contribution in [0, 0.1) is 0 Å². The molecule has 1 nitrogen and oxygen atoms in total. The maximum absolute atomic E-state index is 6.40. The van der Waals surface area contributed by atoms with E-state index < -0.39 is 0 Å². The van der Waals surface area contributed by atoms with Gasteiger partial charge in [0.25, 0.3) is 0 Å². The highest BCUT2D eigenvalue weighted by Crippen LogP contribution is 2.56. The minimum atomic E-state index is 0.824. The van der Waals surface area contributed by atoms with E-state index in [1.165, 1.54) is 0 Å². The zero-order valence-electron chi connectivity index (χ0n) is 8.96. The first-order valence-electron chi connectivity index (χ1n) is 5.40. The van der Waals surface area contributed by atoms with Crippen molar-refractivity contribution in [3.63, 3.8) is 0 Å². The first-order chi connectivity index (χ1) is 7.81. The number of rotatable bonds is 2. The molecule has 0 fully saturated rings. The smallest absolute Gasteiger partial charge is 0.179 e. The fourth-order valence-electron chi connectivity index (χ4n) is 1.96. The van der Waals surface area contributed by atoms with Gasteiger partial charge < -0.3 is 4.74 Å². The monoisotopic (exact) mass is 230 g/mol. The molecular weight excluding hydrogens is 220 g/mol. The Hall–Kier alpha value is -1.47. The lowest BCUT2D eigenvalue weighted by atomic mass is 10.0. The van der Waals surface area contributed by atoms with Gasteiger partial charge in [-0.3, -0.25) is 0 Å². The molecule has 0 bridgehead atoms. The van der Waals surface area contributed by atoms with E-state index in [1.807, 2.05) is 24.3 Å². The Morgan fingerprint density at radius 1 is 1.19 bits per heavy atom. The molecule has 0 spiro atoms. The zero-order chi connectivity index (χ0) is 11.1. The zero-order valence-corrected chi connectivity index (χ0v) is 9.71. The molecule has 0 aliphatic carbocycles. The molecule has 1 aliphatic rings. The highest BCUT2D eigenvalue weighted by Gasteiger charge is 2.29. The molecule has 0 N–H and O–H groups in total. The molecule has 0 atom stereocenters. The van der Waals surface area contributed by atoms with Crippen LogP contribution < -0.4 is 4.74 Å². The average Bonchev–Trinajstić information content (AvgIpc) is 3.08. The normalized spacial score (nSPS) is 11.9. The summed E-state index contributed by atoms with van der Waals surface area (Å²) in [6, 6.07) is 12.2. The minimum absolute atomic E-state index is 0.824. The Morgan fingerprint density at radius 3 is 2.62 bits per heavy atom. The van der Waals surface area contributed by atoms with E-state index in [0.29, 0.717) is 0 Å². The van der Waals surface area contributed by atoms with Gasteiger partial charge in [0.15, 0.2) is 11.5 Å². The van der Waals surface area contributed by atoms with E-state index in [0.717, 1.165) is 39.6 Å². The summed E-state index contributed by atoms with van der Waals surface area (Å²) in [6.07, 6.45) is 0.926. The van der Waals surface area contributed by atoms with Crippen molar-refractivity contribution in [2.75, 3.05) is 0 Å². The van der Waals surface area contributed by atoms with Gasteiger partial charge in [-0.15, -0.1) is 0 Å². The van der Waals surface area contributed by atoms with E-state index in [-0.39, 0.29) is 0 Å². The Labute approximate surface area is 99.6 Å². The van der Waals surface area contributed by atoms with E-state index in [9.17, 15) is 0 Å². The summed E-state index contributed by atoms with van der Waals surface area (Å²) in [5.74, 6) is 1.91. The quantitative estimate of drug-likeness (QED) is 0.583. The molecule has 0 saturated heterocycles. The number of halogens is 1. The lowest BCUT2D eigenvalue weighted by molar-refractivity contribution is 0.650. The van der Waals surface area contributed by atoms with Crippen LogP contribution in [0.2, 0.25) is 5.02 Å². The SMILES string of the molecule is CCc1cc2c(c(-c3ccccc3)c1Cl)O2. The van der Waals surface area contributed by atoms with Crippen molar-refractivity contribution in [1.82, 2.24) is 0 Å². The first-order valence-corrected chi connectivity index (χ1v) is 5.77. The van der Waals surface area contributed by atoms with Crippen LogP contribution in [-0.4, -0.2) is 0 Å². The number of hydrogen-bond acceptors (Lipinski definition) is 1. The highest BCUT2D eigenvalue weighted by atomic mass is 35.5. The van der Waals surface area contributed by atoms with Gasteiger partial charge in [-0.25, -0.2) is 0 Å². The number of fused-ring (bicyclic) bond motifs is 1. The third-order valence-electron chi connectivity index (χ3n) is 2.87. The van der Waals surface area contributed by atoms with E-state index in [1.54, 1.807) is 0 Å². The predicted molar refractivity (Wildman–Crippen MR) is 66.3 cm³/mol. The van der Waals surface area contributed by atoms with Crippen molar-refractivity contribution in [3.8, 4) is 22.6 Å². The van der Waals surface area contributed by atoms with Gasteiger partial charge in [0.1, 0.15) is 0 Å². The van der Waals surface area contributed by atoms with Crippen LogP contribution in [0.25, 0.3) is 11.1 Å². The molecule has 3 rings (SSSR count). The van der Waals surface area contributed by atoms with Crippen LogP contribution in [0.5, 0.6) is 11.5 Å². The number of benzene rings is 2. The summed E-state index contributed by atoms with van der Waals surface area (Å²) in [6.45, 7) is 2.10. The molecule has 0 unspecified atom stereocenters. The van der Waals surface area contributed by atoms with Crippen LogP contribution in [-0.2, 0) is 6.42 Å². The van der Waals surface area contributed by atoms with Crippen LogP contribution in [0.3, 0.4) is 0 Å². The molecule has 0 saturated carbocycles. The van der Waals surface area contributed by atoms with Gasteiger partial charge in [0.2, 0.25) is 0 Å². The first kappa shape index (κ1) is 9.73. The molecule has 80 valence electrons. The second kappa shape index (κ2) is 3.53. The maximum Gasteiger partial charge on any atom is 0.179 e. The van der Waals surface area contributed by atoms with E-state index in [4.69, 9.17) is 16.3 Å². The van der Waals surface area contributed by atoms with Crippen molar-refractivity contribution in [2.45, 2.75) is 13.3 Å². The van der Waals surface area contributed by atoms with Gasteiger partial charge in [0.05, 0.1) is 5.02 Å². The second-order valence-corrected chi connectivity index (χ2v) is 4.25. The summed E-state index contributed by atoms with van der Waals surface area (Å²) in [4.78, 5) is 0. The molecule has 0 radical (unpaired) electrons. The molecular formula is C14H11ClO. The standard InChI is InChI=1S/C14H11ClO/c1-2-9-8-11-14(16-11)12(13(9)15)10-6-4-3-5-7-10/h3-8H,2H2,1H3. The van der Waals surface area contributed by atoms with Gasteiger partial charge in [-0.1, -0.05) is 48.9 Å². The Morgan fingerprint density at radius 2 is 1.94 bits per heavy atom. The summed E-state index contributed by atoms with van der Waals surface area (Å²) < 4.78 is 5.46. The van der Waals surface area contributed by atoms with Crippen molar-refractivity contribution in [3.05, 3.63) is 47.0 Å². The number of hydrogen-bond donors (Lipinski definition) is 0.